The lowest BCUT2D eigenvalue weighted by Crippen LogP contribution is -2.46. The predicted octanol–water partition coefficient (Wildman–Crippen LogP) is 3.03. The summed E-state index contributed by atoms with van der Waals surface area (Å²) in [5.41, 5.74) is 2.02. The second-order valence-electron chi connectivity index (χ2n) is 6.67. The van der Waals surface area contributed by atoms with Crippen molar-refractivity contribution in [3.05, 3.63) is 29.8 Å². The summed E-state index contributed by atoms with van der Waals surface area (Å²) in [4.78, 5) is 15.0. The number of amides is 1. The molecule has 1 aromatic carbocycles. The molecule has 1 fully saturated rings. The number of rotatable bonds is 7. The fraction of sp³-hybridized carbons (Fsp3) is 0.632. The molecular weight excluding hydrogens is 286 g/mol. The first kappa shape index (κ1) is 18.0. The molecule has 1 atom stereocenters. The highest BCUT2D eigenvalue weighted by atomic mass is 16.2. The van der Waals surface area contributed by atoms with Gasteiger partial charge in [-0.3, -0.25) is 9.69 Å². The Morgan fingerprint density at radius 1 is 1.35 bits per heavy atom. The molecule has 0 bridgehead atoms. The number of benzene rings is 1. The van der Waals surface area contributed by atoms with Gasteiger partial charge in [0.05, 0.1) is 6.04 Å². The van der Waals surface area contributed by atoms with E-state index in [9.17, 15) is 4.79 Å². The van der Waals surface area contributed by atoms with E-state index < -0.39 is 0 Å². The number of anilines is 1. The largest absolute Gasteiger partial charge is 0.324 e. The quantitative estimate of drug-likeness (QED) is 0.812. The number of aryl methyl sites for hydroxylation is 1. The van der Waals surface area contributed by atoms with Crippen LogP contribution in [0.3, 0.4) is 0 Å². The van der Waals surface area contributed by atoms with Crippen LogP contribution in [-0.4, -0.2) is 43.0 Å². The van der Waals surface area contributed by atoms with Crippen LogP contribution in [0.2, 0.25) is 0 Å². The van der Waals surface area contributed by atoms with E-state index in [-0.39, 0.29) is 11.9 Å². The van der Waals surface area contributed by atoms with Gasteiger partial charge in [-0.15, -0.1) is 0 Å². The fourth-order valence-electron chi connectivity index (χ4n) is 3.24. The molecule has 2 N–H and O–H groups in total. The standard InChI is InChI=1S/C19H31N3O/c1-4-13-22(14-17-9-11-20-12-10-17)16(3)19(23)21-18-8-6-5-7-15(18)2/h5-8,16-17,20H,4,9-14H2,1-3H3,(H,21,23). The van der Waals surface area contributed by atoms with Crippen molar-refractivity contribution >= 4 is 11.6 Å². The van der Waals surface area contributed by atoms with E-state index >= 15 is 0 Å². The first-order chi connectivity index (χ1) is 11.1. The molecule has 1 aliphatic heterocycles. The summed E-state index contributed by atoms with van der Waals surface area (Å²) in [7, 11) is 0. The van der Waals surface area contributed by atoms with Crippen molar-refractivity contribution in [2.75, 3.05) is 31.5 Å². The topological polar surface area (TPSA) is 44.4 Å². The highest BCUT2D eigenvalue weighted by molar-refractivity contribution is 5.95. The van der Waals surface area contributed by atoms with Crippen LogP contribution < -0.4 is 10.6 Å². The van der Waals surface area contributed by atoms with Gasteiger partial charge in [0.2, 0.25) is 5.91 Å². The van der Waals surface area contributed by atoms with Gasteiger partial charge in [-0.1, -0.05) is 25.1 Å². The molecule has 0 radical (unpaired) electrons. The van der Waals surface area contributed by atoms with Gasteiger partial charge in [0, 0.05) is 12.2 Å². The molecular formula is C19H31N3O. The van der Waals surface area contributed by atoms with Gasteiger partial charge in [-0.25, -0.2) is 0 Å². The van der Waals surface area contributed by atoms with Gasteiger partial charge >= 0.3 is 0 Å². The molecule has 1 heterocycles. The third kappa shape index (κ3) is 5.33. The normalized spacial score (nSPS) is 17.2. The third-order valence-electron chi connectivity index (χ3n) is 4.79. The van der Waals surface area contributed by atoms with E-state index in [0.29, 0.717) is 5.92 Å². The van der Waals surface area contributed by atoms with Crippen molar-refractivity contribution < 1.29 is 4.79 Å². The molecule has 4 nitrogen and oxygen atoms in total. The number of nitrogens with one attached hydrogen (secondary N) is 2. The maximum atomic E-state index is 12.7. The number of piperidine rings is 1. The van der Waals surface area contributed by atoms with Crippen LogP contribution >= 0.6 is 0 Å². The number of hydrogen-bond donors (Lipinski definition) is 2. The Hall–Kier alpha value is -1.39. The van der Waals surface area contributed by atoms with E-state index in [2.05, 4.69) is 22.5 Å². The molecule has 0 aromatic heterocycles. The third-order valence-corrected chi connectivity index (χ3v) is 4.79. The van der Waals surface area contributed by atoms with E-state index in [4.69, 9.17) is 0 Å². The Morgan fingerprint density at radius 3 is 2.70 bits per heavy atom. The average Bonchev–Trinajstić information content (AvgIpc) is 2.57. The molecule has 1 saturated heterocycles. The molecule has 0 saturated carbocycles. The summed E-state index contributed by atoms with van der Waals surface area (Å²) >= 11 is 0. The van der Waals surface area contributed by atoms with Crippen LogP contribution in [0.1, 0.15) is 38.7 Å². The Bertz CT molecular complexity index is 497. The summed E-state index contributed by atoms with van der Waals surface area (Å²) in [5.74, 6) is 0.804. The Labute approximate surface area is 140 Å². The second-order valence-corrected chi connectivity index (χ2v) is 6.67. The van der Waals surface area contributed by atoms with Crippen molar-refractivity contribution in [1.82, 2.24) is 10.2 Å². The van der Waals surface area contributed by atoms with E-state index in [1.54, 1.807) is 0 Å². The molecule has 1 amide bonds. The molecule has 128 valence electrons. The maximum Gasteiger partial charge on any atom is 0.241 e. The zero-order valence-electron chi connectivity index (χ0n) is 14.8. The Morgan fingerprint density at radius 2 is 2.04 bits per heavy atom. The van der Waals surface area contributed by atoms with Gasteiger partial charge < -0.3 is 10.6 Å². The van der Waals surface area contributed by atoms with Gasteiger partial charge in [-0.05, 0) is 70.3 Å². The zero-order valence-corrected chi connectivity index (χ0v) is 14.8. The lowest BCUT2D eigenvalue weighted by molar-refractivity contribution is -0.121. The summed E-state index contributed by atoms with van der Waals surface area (Å²) in [6, 6.07) is 7.86. The molecule has 0 spiro atoms. The summed E-state index contributed by atoms with van der Waals surface area (Å²) in [6.07, 6.45) is 3.51. The van der Waals surface area contributed by atoms with Crippen molar-refractivity contribution in [3.63, 3.8) is 0 Å². The summed E-state index contributed by atoms with van der Waals surface area (Å²) in [6.45, 7) is 10.5. The van der Waals surface area contributed by atoms with E-state index in [1.807, 2.05) is 38.1 Å². The van der Waals surface area contributed by atoms with Gasteiger partial charge in [0.15, 0.2) is 0 Å². The van der Waals surface area contributed by atoms with Crippen molar-refractivity contribution in [2.45, 2.75) is 46.1 Å². The lowest BCUT2D eigenvalue weighted by Gasteiger charge is -2.33. The van der Waals surface area contributed by atoms with E-state index in [1.165, 1.54) is 12.8 Å². The highest BCUT2D eigenvalue weighted by Gasteiger charge is 2.24. The van der Waals surface area contributed by atoms with Crippen LogP contribution in [0.4, 0.5) is 5.69 Å². The molecule has 1 unspecified atom stereocenters. The van der Waals surface area contributed by atoms with Crippen LogP contribution in [0.5, 0.6) is 0 Å². The summed E-state index contributed by atoms with van der Waals surface area (Å²) < 4.78 is 0. The minimum atomic E-state index is -0.0931. The van der Waals surface area contributed by atoms with Crippen molar-refractivity contribution in [3.8, 4) is 0 Å². The van der Waals surface area contributed by atoms with Crippen LogP contribution in [0.25, 0.3) is 0 Å². The number of nitrogens with zero attached hydrogens (tertiary/aromatic N) is 1. The van der Waals surface area contributed by atoms with Crippen molar-refractivity contribution in [1.29, 1.82) is 0 Å². The van der Waals surface area contributed by atoms with Gasteiger partial charge in [-0.2, -0.15) is 0 Å². The van der Waals surface area contributed by atoms with E-state index in [0.717, 1.165) is 43.9 Å². The van der Waals surface area contributed by atoms with Crippen LogP contribution in [-0.2, 0) is 4.79 Å². The number of para-hydroxylation sites is 1. The number of carbonyl (C=O) groups excluding carboxylic acids is 1. The minimum Gasteiger partial charge on any atom is -0.324 e. The van der Waals surface area contributed by atoms with Crippen LogP contribution in [0, 0.1) is 12.8 Å². The Kier molecular flexibility index (Phi) is 7.06. The smallest absolute Gasteiger partial charge is 0.241 e. The molecule has 2 rings (SSSR count). The van der Waals surface area contributed by atoms with Gasteiger partial charge in [0.1, 0.15) is 0 Å². The first-order valence-corrected chi connectivity index (χ1v) is 8.93. The van der Waals surface area contributed by atoms with Crippen LogP contribution in [0.15, 0.2) is 24.3 Å². The zero-order chi connectivity index (χ0) is 16.7. The maximum absolute atomic E-state index is 12.7. The number of hydrogen-bond acceptors (Lipinski definition) is 3. The SMILES string of the molecule is CCCN(CC1CCNCC1)C(C)C(=O)Nc1ccccc1C. The van der Waals surface area contributed by atoms with Crippen molar-refractivity contribution in [2.24, 2.45) is 5.92 Å². The first-order valence-electron chi connectivity index (χ1n) is 8.93. The monoisotopic (exact) mass is 317 g/mol. The molecule has 1 aromatic rings. The molecule has 0 aliphatic carbocycles. The fourth-order valence-corrected chi connectivity index (χ4v) is 3.24. The second kappa shape index (κ2) is 9.04. The Balaban J connectivity index is 1.96. The average molecular weight is 317 g/mol. The summed E-state index contributed by atoms with van der Waals surface area (Å²) in [5, 5.41) is 6.51. The number of carbonyl (C=O) groups is 1. The predicted molar refractivity (Wildman–Crippen MR) is 96.7 cm³/mol. The molecule has 4 heteroatoms. The molecule has 23 heavy (non-hydrogen) atoms. The van der Waals surface area contributed by atoms with Gasteiger partial charge in [0.25, 0.3) is 0 Å². The minimum absolute atomic E-state index is 0.0931. The highest BCUT2D eigenvalue weighted by Crippen LogP contribution is 2.18. The molecule has 1 aliphatic rings. The lowest BCUT2D eigenvalue weighted by atomic mass is 9.96.